The van der Waals surface area contributed by atoms with E-state index >= 15 is 0 Å². The van der Waals surface area contributed by atoms with Crippen LogP contribution in [0.4, 0.5) is 0 Å². The van der Waals surface area contributed by atoms with Crippen LogP contribution in [0.15, 0.2) is 6.20 Å². The van der Waals surface area contributed by atoms with E-state index in [-0.39, 0.29) is 6.10 Å². The SMILES string of the molecule is Cn1cc(CC2CCCCC2O)nn1. The lowest BCUT2D eigenvalue weighted by Gasteiger charge is -2.26. The maximum Gasteiger partial charge on any atom is 0.0830 e. The van der Waals surface area contributed by atoms with E-state index in [0.717, 1.165) is 31.4 Å². The van der Waals surface area contributed by atoms with Crippen LogP contribution in [0.3, 0.4) is 0 Å². The molecule has 1 aromatic rings. The minimum absolute atomic E-state index is 0.134. The number of aromatic nitrogens is 3. The molecule has 78 valence electrons. The van der Waals surface area contributed by atoms with Crippen molar-refractivity contribution in [1.29, 1.82) is 0 Å². The molecule has 4 nitrogen and oxygen atoms in total. The standard InChI is InChI=1S/C10H17N3O/c1-13-7-9(11-12-13)6-8-4-2-3-5-10(8)14/h7-8,10,14H,2-6H2,1H3. The third-order valence-corrected chi connectivity index (χ3v) is 2.99. The number of hydrogen-bond acceptors (Lipinski definition) is 3. The molecule has 1 aliphatic carbocycles. The fourth-order valence-electron chi connectivity index (χ4n) is 2.18. The Kier molecular flexibility index (Phi) is 2.82. The Bertz CT molecular complexity index is 297. The molecule has 1 saturated carbocycles. The van der Waals surface area contributed by atoms with Crippen molar-refractivity contribution in [2.24, 2.45) is 13.0 Å². The first-order chi connectivity index (χ1) is 6.75. The molecule has 0 saturated heterocycles. The van der Waals surface area contributed by atoms with Gasteiger partial charge < -0.3 is 5.11 Å². The van der Waals surface area contributed by atoms with Gasteiger partial charge in [-0.1, -0.05) is 18.1 Å². The quantitative estimate of drug-likeness (QED) is 0.763. The van der Waals surface area contributed by atoms with E-state index in [9.17, 15) is 5.11 Å². The summed E-state index contributed by atoms with van der Waals surface area (Å²) in [6.45, 7) is 0. The fourth-order valence-corrected chi connectivity index (χ4v) is 2.18. The highest BCUT2D eigenvalue weighted by Gasteiger charge is 2.23. The first-order valence-electron chi connectivity index (χ1n) is 5.29. The number of rotatable bonds is 2. The molecule has 2 rings (SSSR count). The van der Waals surface area contributed by atoms with Crippen molar-refractivity contribution in [1.82, 2.24) is 15.0 Å². The van der Waals surface area contributed by atoms with Crippen LogP contribution in [0.2, 0.25) is 0 Å². The molecule has 14 heavy (non-hydrogen) atoms. The Balaban J connectivity index is 1.95. The third kappa shape index (κ3) is 2.12. The predicted octanol–water partition coefficient (Wildman–Crippen LogP) is 0.909. The summed E-state index contributed by atoms with van der Waals surface area (Å²) < 4.78 is 1.71. The van der Waals surface area contributed by atoms with Crippen LogP contribution >= 0.6 is 0 Å². The number of aliphatic hydroxyl groups is 1. The van der Waals surface area contributed by atoms with Gasteiger partial charge in [0.1, 0.15) is 0 Å². The van der Waals surface area contributed by atoms with E-state index in [1.807, 2.05) is 13.2 Å². The van der Waals surface area contributed by atoms with Crippen molar-refractivity contribution in [3.63, 3.8) is 0 Å². The van der Waals surface area contributed by atoms with Gasteiger partial charge in [0.15, 0.2) is 0 Å². The third-order valence-electron chi connectivity index (χ3n) is 2.99. The van der Waals surface area contributed by atoms with E-state index in [0.29, 0.717) is 5.92 Å². The molecule has 0 spiro atoms. The number of aryl methyl sites for hydroxylation is 1. The maximum atomic E-state index is 9.78. The Morgan fingerprint density at radius 1 is 1.50 bits per heavy atom. The zero-order valence-electron chi connectivity index (χ0n) is 8.56. The first-order valence-corrected chi connectivity index (χ1v) is 5.29. The highest BCUT2D eigenvalue weighted by molar-refractivity contribution is 4.95. The van der Waals surface area contributed by atoms with Crippen molar-refractivity contribution < 1.29 is 5.11 Å². The second-order valence-electron chi connectivity index (χ2n) is 4.20. The van der Waals surface area contributed by atoms with E-state index in [1.54, 1.807) is 4.68 Å². The van der Waals surface area contributed by atoms with E-state index in [2.05, 4.69) is 10.3 Å². The summed E-state index contributed by atoms with van der Waals surface area (Å²) in [5.41, 5.74) is 0.999. The molecule has 0 amide bonds. The summed E-state index contributed by atoms with van der Waals surface area (Å²) >= 11 is 0. The molecule has 1 heterocycles. The molecule has 1 aromatic heterocycles. The molecule has 0 radical (unpaired) electrons. The van der Waals surface area contributed by atoms with Crippen LogP contribution in [0.1, 0.15) is 31.4 Å². The largest absolute Gasteiger partial charge is 0.393 e. The molecule has 4 heteroatoms. The average molecular weight is 195 g/mol. The first kappa shape index (κ1) is 9.65. The van der Waals surface area contributed by atoms with Gasteiger partial charge in [-0.2, -0.15) is 0 Å². The molecule has 2 unspecified atom stereocenters. The van der Waals surface area contributed by atoms with Crippen LogP contribution in [0.5, 0.6) is 0 Å². The molecule has 1 N–H and O–H groups in total. The topological polar surface area (TPSA) is 50.9 Å². The fraction of sp³-hybridized carbons (Fsp3) is 0.800. The number of nitrogens with zero attached hydrogens (tertiary/aromatic N) is 3. The van der Waals surface area contributed by atoms with Crippen molar-refractivity contribution >= 4 is 0 Å². The summed E-state index contributed by atoms with van der Waals surface area (Å²) in [7, 11) is 1.87. The van der Waals surface area contributed by atoms with Gasteiger partial charge in [0, 0.05) is 13.2 Å². The monoisotopic (exact) mass is 195 g/mol. The van der Waals surface area contributed by atoms with Gasteiger partial charge in [-0.25, -0.2) is 0 Å². The van der Waals surface area contributed by atoms with Crippen molar-refractivity contribution in [2.75, 3.05) is 0 Å². The second-order valence-corrected chi connectivity index (χ2v) is 4.20. The molecule has 0 aromatic carbocycles. The van der Waals surface area contributed by atoms with Gasteiger partial charge >= 0.3 is 0 Å². The van der Waals surface area contributed by atoms with Crippen LogP contribution in [0, 0.1) is 5.92 Å². The highest BCUT2D eigenvalue weighted by Crippen LogP contribution is 2.26. The van der Waals surface area contributed by atoms with Gasteiger partial charge in [0.05, 0.1) is 11.8 Å². The second kappa shape index (κ2) is 4.09. The van der Waals surface area contributed by atoms with Gasteiger partial charge in [0.2, 0.25) is 0 Å². The van der Waals surface area contributed by atoms with Crippen molar-refractivity contribution in [2.45, 2.75) is 38.2 Å². The molecule has 0 bridgehead atoms. The Labute approximate surface area is 83.9 Å². The normalized spacial score (nSPS) is 27.9. The zero-order chi connectivity index (χ0) is 9.97. The molecular formula is C10H17N3O. The maximum absolute atomic E-state index is 9.78. The molecule has 2 atom stereocenters. The van der Waals surface area contributed by atoms with Gasteiger partial charge in [-0.15, -0.1) is 5.10 Å². The highest BCUT2D eigenvalue weighted by atomic mass is 16.3. The Morgan fingerprint density at radius 2 is 2.29 bits per heavy atom. The van der Waals surface area contributed by atoms with Crippen LogP contribution < -0.4 is 0 Å². The van der Waals surface area contributed by atoms with Crippen LogP contribution in [-0.2, 0) is 13.5 Å². The molecule has 0 aliphatic heterocycles. The van der Waals surface area contributed by atoms with E-state index in [4.69, 9.17) is 0 Å². The summed E-state index contributed by atoms with van der Waals surface area (Å²) in [6.07, 6.45) is 7.14. The average Bonchev–Trinajstić information content (AvgIpc) is 2.56. The summed E-state index contributed by atoms with van der Waals surface area (Å²) in [6, 6.07) is 0. The minimum Gasteiger partial charge on any atom is -0.393 e. The van der Waals surface area contributed by atoms with Gasteiger partial charge in [0.25, 0.3) is 0 Å². The lowest BCUT2D eigenvalue weighted by molar-refractivity contribution is 0.0695. The summed E-state index contributed by atoms with van der Waals surface area (Å²) in [5, 5.41) is 17.7. The molecule has 1 fully saturated rings. The zero-order valence-corrected chi connectivity index (χ0v) is 8.56. The van der Waals surface area contributed by atoms with Gasteiger partial charge in [-0.05, 0) is 25.2 Å². The van der Waals surface area contributed by atoms with E-state index < -0.39 is 0 Å². The lowest BCUT2D eigenvalue weighted by atomic mass is 9.84. The minimum atomic E-state index is -0.134. The number of aliphatic hydroxyl groups excluding tert-OH is 1. The Hall–Kier alpha value is -0.900. The van der Waals surface area contributed by atoms with Gasteiger partial charge in [-0.3, -0.25) is 4.68 Å². The predicted molar refractivity (Wildman–Crippen MR) is 52.7 cm³/mol. The van der Waals surface area contributed by atoms with Crippen LogP contribution in [-0.4, -0.2) is 26.2 Å². The van der Waals surface area contributed by atoms with E-state index in [1.165, 1.54) is 6.42 Å². The van der Waals surface area contributed by atoms with Crippen molar-refractivity contribution in [3.05, 3.63) is 11.9 Å². The lowest BCUT2D eigenvalue weighted by Crippen LogP contribution is -2.26. The summed E-state index contributed by atoms with van der Waals surface area (Å²) in [4.78, 5) is 0. The van der Waals surface area contributed by atoms with Crippen LogP contribution in [0.25, 0.3) is 0 Å². The Morgan fingerprint density at radius 3 is 2.93 bits per heavy atom. The molecule has 1 aliphatic rings. The summed E-state index contributed by atoms with van der Waals surface area (Å²) in [5.74, 6) is 0.389. The smallest absolute Gasteiger partial charge is 0.0830 e. The molecular weight excluding hydrogens is 178 g/mol. The number of hydrogen-bond donors (Lipinski definition) is 1. The van der Waals surface area contributed by atoms with Crippen molar-refractivity contribution in [3.8, 4) is 0 Å².